The van der Waals surface area contributed by atoms with Crippen LogP contribution in [-0.2, 0) is 0 Å². The number of para-hydroxylation sites is 1. The van der Waals surface area contributed by atoms with Crippen molar-refractivity contribution in [2.45, 2.75) is 13.8 Å². The molecule has 0 aliphatic heterocycles. The van der Waals surface area contributed by atoms with E-state index in [1.807, 2.05) is 19.9 Å². The molecule has 18 heavy (non-hydrogen) atoms. The van der Waals surface area contributed by atoms with Crippen molar-refractivity contribution in [3.05, 3.63) is 47.3 Å². The van der Waals surface area contributed by atoms with Crippen molar-refractivity contribution in [3.8, 4) is 0 Å². The maximum absolute atomic E-state index is 12.0. The second-order valence-electron chi connectivity index (χ2n) is 4.02. The molecule has 0 atom stereocenters. The lowest BCUT2D eigenvalue weighted by Gasteiger charge is -2.07. The first-order valence-corrected chi connectivity index (χ1v) is 5.54. The molecule has 0 aliphatic carbocycles. The predicted octanol–water partition coefficient (Wildman–Crippen LogP) is 1.93. The minimum atomic E-state index is -0.307. The normalized spacial score (nSPS) is 10.1. The highest BCUT2D eigenvalue weighted by molar-refractivity contribution is 6.06. The van der Waals surface area contributed by atoms with Crippen molar-refractivity contribution in [3.63, 3.8) is 0 Å². The molecular formula is C13H14N4O. The molecule has 0 saturated carbocycles. The van der Waals surface area contributed by atoms with Crippen molar-refractivity contribution in [1.82, 2.24) is 9.97 Å². The van der Waals surface area contributed by atoms with Crippen molar-refractivity contribution < 1.29 is 4.79 Å². The number of nitrogens with zero attached hydrogens (tertiary/aromatic N) is 2. The van der Waals surface area contributed by atoms with E-state index in [-0.39, 0.29) is 5.91 Å². The van der Waals surface area contributed by atoms with Crippen molar-refractivity contribution in [2.75, 3.05) is 11.1 Å². The topological polar surface area (TPSA) is 80.9 Å². The van der Waals surface area contributed by atoms with Crippen LogP contribution in [0.3, 0.4) is 0 Å². The fraction of sp³-hybridized carbons (Fsp3) is 0.154. The molecule has 0 radical (unpaired) electrons. The number of benzene rings is 1. The Morgan fingerprint density at radius 1 is 1.17 bits per heavy atom. The van der Waals surface area contributed by atoms with Crippen LogP contribution in [0.1, 0.15) is 21.7 Å². The second-order valence-corrected chi connectivity index (χ2v) is 4.02. The molecule has 0 fully saturated rings. The summed E-state index contributed by atoms with van der Waals surface area (Å²) in [5, 5.41) is 2.64. The summed E-state index contributed by atoms with van der Waals surface area (Å²) in [6, 6.07) is 8.71. The Bertz CT molecular complexity index is 575. The molecule has 3 N–H and O–H groups in total. The van der Waals surface area contributed by atoms with E-state index in [2.05, 4.69) is 15.3 Å². The van der Waals surface area contributed by atoms with Gasteiger partial charge in [-0.3, -0.25) is 10.1 Å². The maximum Gasteiger partial charge on any atom is 0.260 e. The molecule has 0 unspecified atom stereocenters. The quantitative estimate of drug-likeness (QED) is 0.788. The fourth-order valence-electron chi connectivity index (χ4n) is 1.65. The summed E-state index contributed by atoms with van der Waals surface area (Å²) < 4.78 is 0. The zero-order valence-corrected chi connectivity index (χ0v) is 10.3. The molecule has 0 aliphatic rings. The van der Waals surface area contributed by atoms with Gasteiger partial charge in [0.05, 0.1) is 5.56 Å². The average Bonchev–Trinajstić information content (AvgIpc) is 2.27. The monoisotopic (exact) mass is 242 g/mol. The molecule has 0 spiro atoms. The lowest BCUT2D eigenvalue weighted by molar-refractivity contribution is 0.102. The SMILES string of the molecule is Cc1cc(C)nc(NC(=O)c2ccccc2N)n1. The Morgan fingerprint density at radius 3 is 2.39 bits per heavy atom. The van der Waals surface area contributed by atoms with Crippen LogP contribution >= 0.6 is 0 Å². The van der Waals surface area contributed by atoms with Crippen LogP contribution in [0.2, 0.25) is 0 Å². The van der Waals surface area contributed by atoms with E-state index in [0.717, 1.165) is 11.4 Å². The Kier molecular flexibility index (Phi) is 3.23. The molecule has 1 amide bonds. The second kappa shape index (κ2) is 4.83. The largest absolute Gasteiger partial charge is 0.398 e. The number of amides is 1. The third-order valence-electron chi connectivity index (χ3n) is 2.41. The average molecular weight is 242 g/mol. The van der Waals surface area contributed by atoms with Crippen LogP contribution in [0.15, 0.2) is 30.3 Å². The van der Waals surface area contributed by atoms with Crippen LogP contribution < -0.4 is 11.1 Å². The van der Waals surface area contributed by atoms with Gasteiger partial charge >= 0.3 is 0 Å². The third-order valence-corrected chi connectivity index (χ3v) is 2.41. The molecule has 5 heteroatoms. The molecule has 2 rings (SSSR count). The highest BCUT2D eigenvalue weighted by Crippen LogP contribution is 2.12. The molecule has 1 aromatic carbocycles. The van der Waals surface area contributed by atoms with Gasteiger partial charge < -0.3 is 5.73 Å². The highest BCUT2D eigenvalue weighted by atomic mass is 16.1. The first-order chi connectivity index (χ1) is 8.56. The molecule has 0 bridgehead atoms. The summed E-state index contributed by atoms with van der Waals surface area (Å²) in [7, 11) is 0. The van der Waals surface area contributed by atoms with Crippen LogP contribution in [0.25, 0.3) is 0 Å². The zero-order valence-electron chi connectivity index (χ0n) is 10.3. The van der Waals surface area contributed by atoms with Gasteiger partial charge in [0, 0.05) is 17.1 Å². The van der Waals surface area contributed by atoms with Gasteiger partial charge in [0.15, 0.2) is 0 Å². The molecule has 1 heterocycles. The van der Waals surface area contributed by atoms with Gasteiger partial charge in [-0.1, -0.05) is 12.1 Å². The van der Waals surface area contributed by atoms with Gasteiger partial charge in [0.1, 0.15) is 0 Å². The number of hydrogen-bond acceptors (Lipinski definition) is 4. The third kappa shape index (κ3) is 2.63. The van der Waals surface area contributed by atoms with Crippen LogP contribution in [0.5, 0.6) is 0 Å². The maximum atomic E-state index is 12.0. The summed E-state index contributed by atoms with van der Waals surface area (Å²) in [6.07, 6.45) is 0. The number of nitrogen functional groups attached to an aromatic ring is 1. The van der Waals surface area contributed by atoms with E-state index >= 15 is 0 Å². The molecule has 1 aromatic heterocycles. The van der Waals surface area contributed by atoms with E-state index < -0.39 is 0 Å². The molecule has 5 nitrogen and oxygen atoms in total. The lowest BCUT2D eigenvalue weighted by atomic mass is 10.2. The summed E-state index contributed by atoms with van der Waals surface area (Å²) in [5.74, 6) is -0.0150. The van der Waals surface area contributed by atoms with Crippen LogP contribution in [0.4, 0.5) is 11.6 Å². The Hall–Kier alpha value is -2.43. The number of nitrogens with two attached hydrogens (primary N) is 1. The fourth-order valence-corrected chi connectivity index (χ4v) is 1.65. The number of rotatable bonds is 2. The van der Waals surface area contributed by atoms with Gasteiger partial charge in [-0.2, -0.15) is 0 Å². The van der Waals surface area contributed by atoms with Gasteiger partial charge in [0.25, 0.3) is 5.91 Å². The Labute approximate surface area is 105 Å². The van der Waals surface area contributed by atoms with Gasteiger partial charge in [0.2, 0.25) is 5.95 Å². The predicted molar refractivity (Wildman–Crippen MR) is 70.3 cm³/mol. The van der Waals surface area contributed by atoms with Gasteiger partial charge in [-0.15, -0.1) is 0 Å². The van der Waals surface area contributed by atoms with Crippen molar-refractivity contribution in [1.29, 1.82) is 0 Å². The lowest BCUT2D eigenvalue weighted by Crippen LogP contribution is -2.16. The van der Waals surface area contributed by atoms with E-state index in [1.54, 1.807) is 24.3 Å². The minimum Gasteiger partial charge on any atom is -0.398 e. The number of anilines is 2. The number of aryl methyl sites for hydroxylation is 2. The summed E-state index contributed by atoms with van der Waals surface area (Å²) >= 11 is 0. The van der Waals surface area contributed by atoms with Gasteiger partial charge in [-0.25, -0.2) is 9.97 Å². The van der Waals surface area contributed by atoms with E-state index in [9.17, 15) is 4.79 Å². The molecule has 92 valence electrons. The summed E-state index contributed by atoms with van der Waals surface area (Å²) in [6.45, 7) is 3.70. The smallest absolute Gasteiger partial charge is 0.260 e. The number of aromatic nitrogens is 2. The molecular weight excluding hydrogens is 228 g/mol. The van der Waals surface area contributed by atoms with Gasteiger partial charge in [-0.05, 0) is 32.0 Å². The number of nitrogens with one attached hydrogen (secondary N) is 1. The first kappa shape index (κ1) is 12.0. The molecule has 0 saturated heterocycles. The highest BCUT2D eigenvalue weighted by Gasteiger charge is 2.10. The van der Waals surface area contributed by atoms with Crippen molar-refractivity contribution >= 4 is 17.5 Å². The van der Waals surface area contributed by atoms with Crippen molar-refractivity contribution in [2.24, 2.45) is 0 Å². The Morgan fingerprint density at radius 2 is 1.78 bits per heavy atom. The van der Waals surface area contributed by atoms with E-state index in [1.165, 1.54) is 0 Å². The van der Waals surface area contributed by atoms with Crippen LogP contribution in [0, 0.1) is 13.8 Å². The summed E-state index contributed by atoms with van der Waals surface area (Å²) in [5.41, 5.74) is 8.19. The Balaban J connectivity index is 2.24. The minimum absolute atomic E-state index is 0.292. The number of carbonyl (C=O) groups is 1. The zero-order chi connectivity index (χ0) is 13.1. The van der Waals surface area contributed by atoms with E-state index in [4.69, 9.17) is 5.73 Å². The molecule has 2 aromatic rings. The number of carbonyl (C=O) groups excluding carboxylic acids is 1. The first-order valence-electron chi connectivity index (χ1n) is 5.54. The van der Waals surface area contributed by atoms with E-state index in [0.29, 0.717) is 17.2 Å². The standard InChI is InChI=1S/C13H14N4O/c1-8-7-9(2)16-13(15-8)17-12(18)10-5-3-4-6-11(10)14/h3-7H,14H2,1-2H3,(H,15,16,17,18). The summed E-state index contributed by atoms with van der Waals surface area (Å²) in [4.78, 5) is 20.3. The number of hydrogen-bond donors (Lipinski definition) is 2. The van der Waals surface area contributed by atoms with Crippen LogP contribution in [-0.4, -0.2) is 15.9 Å².